The van der Waals surface area contributed by atoms with Gasteiger partial charge in [0.2, 0.25) is 0 Å². The first-order valence-corrected chi connectivity index (χ1v) is 6.14. The van der Waals surface area contributed by atoms with Crippen molar-refractivity contribution in [2.24, 2.45) is 0 Å². The summed E-state index contributed by atoms with van der Waals surface area (Å²) in [5, 5.41) is 13.2. The zero-order chi connectivity index (χ0) is 13.4. The van der Waals surface area contributed by atoms with Crippen molar-refractivity contribution in [2.45, 2.75) is 19.4 Å². The molecule has 1 aliphatic heterocycles. The molecule has 1 aliphatic rings. The van der Waals surface area contributed by atoms with Crippen LogP contribution in [0.5, 0.6) is 0 Å². The number of rotatable bonds is 3. The lowest BCUT2D eigenvalue weighted by molar-refractivity contribution is -0.138. The number of aromatic nitrogens is 1. The molecule has 1 N–H and O–H groups in total. The fourth-order valence-electron chi connectivity index (χ4n) is 2.54. The van der Waals surface area contributed by atoms with Crippen LogP contribution < -0.4 is 4.90 Å². The summed E-state index contributed by atoms with van der Waals surface area (Å²) in [4.78, 5) is 13.3. The second-order valence-corrected chi connectivity index (χ2v) is 4.76. The Morgan fingerprint density at radius 1 is 1.53 bits per heavy atom. The highest BCUT2D eigenvalue weighted by molar-refractivity contribution is 5.82. The van der Waals surface area contributed by atoms with Crippen molar-refractivity contribution in [3.63, 3.8) is 0 Å². The van der Waals surface area contributed by atoms with Gasteiger partial charge in [-0.05, 0) is 18.6 Å². The fraction of sp³-hybridized carbons (Fsp3) is 0.286. The number of carboxylic acids is 1. The van der Waals surface area contributed by atoms with Crippen LogP contribution in [-0.2, 0) is 11.3 Å². The number of aliphatic carboxylic acids is 1. The summed E-state index contributed by atoms with van der Waals surface area (Å²) in [6.07, 6.45) is 0. The Morgan fingerprint density at radius 3 is 3.00 bits per heavy atom. The summed E-state index contributed by atoms with van der Waals surface area (Å²) in [7, 11) is 0. The molecule has 19 heavy (non-hydrogen) atoms. The summed E-state index contributed by atoms with van der Waals surface area (Å²) in [6, 6.07) is 9.49. The molecule has 1 aromatic carbocycles. The number of fused-ring (bicyclic) bond motifs is 1. The first-order chi connectivity index (χ1) is 9.15. The molecule has 2 heterocycles. The number of carbonyl (C=O) groups is 1. The van der Waals surface area contributed by atoms with Crippen LogP contribution in [-0.4, -0.2) is 22.8 Å². The number of para-hydroxylation sites is 1. The first kappa shape index (κ1) is 11.8. The number of benzene rings is 1. The summed E-state index contributed by atoms with van der Waals surface area (Å²) < 4.78 is 5.04. The quantitative estimate of drug-likeness (QED) is 0.913. The van der Waals surface area contributed by atoms with Gasteiger partial charge >= 0.3 is 5.97 Å². The molecule has 98 valence electrons. The maximum Gasteiger partial charge on any atom is 0.312 e. The van der Waals surface area contributed by atoms with Gasteiger partial charge in [-0.25, -0.2) is 0 Å². The molecular weight excluding hydrogens is 244 g/mol. The predicted molar refractivity (Wildman–Crippen MR) is 69.1 cm³/mol. The number of aryl methyl sites for hydroxylation is 1. The predicted octanol–water partition coefficient (Wildman–Crippen LogP) is 2.17. The lowest BCUT2D eigenvalue weighted by Gasteiger charge is -2.17. The lowest BCUT2D eigenvalue weighted by atomic mass is 10.0. The van der Waals surface area contributed by atoms with Gasteiger partial charge in [0.1, 0.15) is 17.4 Å². The average Bonchev–Trinajstić information content (AvgIpc) is 2.95. The van der Waals surface area contributed by atoms with Gasteiger partial charge in [-0.2, -0.15) is 0 Å². The van der Waals surface area contributed by atoms with E-state index in [2.05, 4.69) is 5.16 Å². The molecule has 3 rings (SSSR count). The fourth-order valence-corrected chi connectivity index (χ4v) is 2.54. The van der Waals surface area contributed by atoms with E-state index in [1.54, 1.807) is 0 Å². The minimum atomic E-state index is -0.786. The van der Waals surface area contributed by atoms with Crippen LogP contribution in [0.2, 0.25) is 0 Å². The summed E-state index contributed by atoms with van der Waals surface area (Å²) >= 11 is 0. The SMILES string of the molecule is Cc1cc(CN2CC(C(=O)O)c3ccccc32)no1. The Morgan fingerprint density at radius 2 is 2.32 bits per heavy atom. The van der Waals surface area contributed by atoms with Crippen molar-refractivity contribution in [3.8, 4) is 0 Å². The van der Waals surface area contributed by atoms with Crippen LogP contribution >= 0.6 is 0 Å². The topological polar surface area (TPSA) is 66.6 Å². The van der Waals surface area contributed by atoms with E-state index in [0.29, 0.717) is 13.1 Å². The van der Waals surface area contributed by atoms with Crippen molar-refractivity contribution in [1.82, 2.24) is 5.16 Å². The molecule has 0 bridgehead atoms. The Bertz CT molecular complexity index is 621. The zero-order valence-corrected chi connectivity index (χ0v) is 10.5. The number of anilines is 1. The highest BCUT2D eigenvalue weighted by Crippen LogP contribution is 2.36. The van der Waals surface area contributed by atoms with Crippen molar-refractivity contribution >= 4 is 11.7 Å². The monoisotopic (exact) mass is 258 g/mol. The Labute approximate surface area is 110 Å². The van der Waals surface area contributed by atoms with Crippen LogP contribution in [0.3, 0.4) is 0 Å². The standard InChI is InChI=1S/C14H14N2O3/c1-9-6-10(15-19-9)7-16-8-12(14(17)18)11-4-2-3-5-13(11)16/h2-6,12H,7-8H2,1H3,(H,17,18). The number of hydrogen-bond donors (Lipinski definition) is 1. The third-order valence-electron chi connectivity index (χ3n) is 3.38. The Kier molecular flexibility index (Phi) is 2.74. The van der Waals surface area contributed by atoms with Gasteiger partial charge in [0.05, 0.1) is 6.54 Å². The van der Waals surface area contributed by atoms with Gasteiger partial charge in [-0.3, -0.25) is 4.79 Å². The number of nitrogens with zero attached hydrogens (tertiary/aromatic N) is 2. The van der Waals surface area contributed by atoms with Crippen molar-refractivity contribution < 1.29 is 14.4 Å². The largest absolute Gasteiger partial charge is 0.481 e. The molecule has 5 heteroatoms. The van der Waals surface area contributed by atoms with E-state index < -0.39 is 11.9 Å². The normalized spacial score (nSPS) is 17.5. The minimum Gasteiger partial charge on any atom is -0.481 e. The van der Waals surface area contributed by atoms with E-state index in [0.717, 1.165) is 22.7 Å². The van der Waals surface area contributed by atoms with Crippen molar-refractivity contribution in [1.29, 1.82) is 0 Å². The molecular formula is C14H14N2O3. The molecule has 5 nitrogen and oxygen atoms in total. The molecule has 0 aliphatic carbocycles. The zero-order valence-electron chi connectivity index (χ0n) is 10.5. The molecule has 0 fully saturated rings. The van der Waals surface area contributed by atoms with Gasteiger partial charge < -0.3 is 14.5 Å². The van der Waals surface area contributed by atoms with E-state index in [1.807, 2.05) is 42.2 Å². The van der Waals surface area contributed by atoms with Gasteiger partial charge in [0, 0.05) is 18.3 Å². The first-order valence-electron chi connectivity index (χ1n) is 6.14. The minimum absolute atomic E-state index is 0.468. The Balaban J connectivity index is 1.90. The highest BCUT2D eigenvalue weighted by atomic mass is 16.5. The molecule has 0 radical (unpaired) electrons. The molecule has 0 saturated heterocycles. The van der Waals surface area contributed by atoms with Crippen LogP contribution in [0, 0.1) is 6.92 Å². The average molecular weight is 258 g/mol. The van der Waals surface area contributed by atoms with Crippen LogP contribution in [0.25, 0.3) is 0 Å². The third kappa shape index (κ3) is 2.07. The van der Waals surface area contributed by atoms with Gasteiger partial charge in [0.15, 0.2) is 0 Å². The molecule has 1 aromatic heterocycles. The van der Waals surface area contributed by atoms with Gasteiger partial charge in [-0.15, -0.1) is 0 Å². The molecule has 0 amide bonds. The van der Waals surface area contributed by atoms with Crippen LogP contribution in [0.15, 0.2) is 34.9 Å². The maximum atomic E-state index is 11.3. The smallest absolute Gasteiger partial charge is 0.312 e. The van der Waals surface area contributed by atoms with Crippen molar-refractivity contribution in [3.05, 3.63) is 47.3 Å². The van der Waals surface area contributed by atoms with Crippen molar-refractivity contribution in [2.75, 3.05) is 11.4 Å². The third-order valence-corrected chi connectivity index (χ3v) is 3.38. The van der Waals surface area contributed by atoms with Gasteiger partial charge in [0.25, 0.3) is 0 Å². The Hall–Kier alpha value is -2.30. The van der Waals surface area contributed by atoms with E-state index in [4.69, 9.17) is 4.52 Å². The highest BCUT2D eigenvalue weighted by Gasteiger charge is 2.33. The summed E-state index contributed by atoms with van der Waals surface area (Å²) in [5.74, 6) is -0.493. The second kappa shape index (κ2) is 4.42. The molecule has 1 unspecified atom stereocenters. The number of hydrogen-bond acceptors (Lipinski definition) is 4. The maximum absolute atomic E-state index is 11.3. The molecule has 0 saturated carbocycles. The van der Waals surface area contributed by atoms with E-state index in [9.17, 15) is 9.90 Å². The van der Waals surface area contributed by atoms with E-state index in [1.165, 1.54) is 0 Å². The molecule has 1 atom stereocenters. The van der Waals surface area contributed by atoms with Gasteiger partial charge in [-0.1, -0.05) is 23.4 Å². The molecule has 0 spiro atoms. The second-order valence-electron chi connectivity index (χ2n) is 4.76. The summed E-state index contributed by atoms with van der Waals surface area (Å²) in [5.41, 5.74) is 2.66. The van der Waals surface area contributed by atoms with E-state index in [-0.39, 0.29) is 0 Å². The summed E-state index contributed by atoms with van der Waals surface area (Å²) in [6.45, 7) is 2.88. The van der Waals surface area contributed by atoms with E-state index >= 15 is 0 Å². The van der Waals surface area contributed by atoms with Crippen LogP contribution in [0.4, 0.5) is 5.69 Å². The van der Waals surface area contributed by atoms with Crippen LogP contribution in [0.1, 0.15) is 22.9 Å². The molecule has 2 aromatic rings. The number of carboxylic acid groups (broad SMARTS) is 1. The lowest BCUT2D eigenvalue weighted by Crippen LogP contribution is -2.24.